The van der Waals surface area contributed by atoms with Gasteiger partial charge in [0.1, 0.15) is 0 Å². The van der Waals surface area contributed by atoms with E-state index in [4.69, 9.17) is 5.73 Å². The van der Waals surface area contributed by atoms with Crippen LogP contribution >= 0.6 is 0 Å². The van der Waals surface area contributed by atoms with Crippen LogP contribution in [-0.2, 0) is 11.2 Å². The number of primary amides is 1. The summed E-state index contributed by atoms with van der Waals surface area (Å²) in [5.74, 6) is -0.242. The van der Waals surface area contributed by atoms with E-state index in [2.05, 4.69) is 15.2 Å². The Labute approximate surface area is 114 Å². The third-order valence-electron chi connectivity index (χ3n) is 3.62. The summed E-state index contributed by atoms with van der Waals surface area (Å²) in [4.78, 5) is 17.5. The zero-order valence-corrected chi connectivity index (χ0v) is 11.2. The highest BCUT2D eigenvalue weighted by Crippen LogP contribution is 2.12. The van der Waals surface area contributed by atoms with Gasteiger partial charge in [0.15, 0.2) is 0 Å². The molecule has 0 spiro atoms. The van der Waals surface area contributed by atoms with Crippen molar-refractivity contribution in [2.75, 3.05) is 26.2 Å². The standard InChI is InChI=1S/C14H22N4O/c15-14(19)11-18(13-3-8-17-9-4-13)10-5-12-1-6-16-7-2-12/h1-2,6-7,13,17H,3-5,8-11H2,(H2,15,19). The molecule has 0 unspecified atom stereocenters. The number of rotatable bonds is 6. The number of hydrogen-bond acceptors (Lipinski definition) is 4. The Morgan fingerprint density at radius 2 is 2.05 bits per heavy atom. The summed E-state index contributed by atoms with van der Waals surface area (Å²) in [6.07, 6.45) is 6.71. The molecule has 2 heterocycles. The molecule has 0 bridgehead atoms. The van der Waals surface area contributed by atoms with E-state index >= 15 is 0 Å². The molecule has 1 fully saturated rings. The molecule has 5 nitrogen and oxygen atoms in total. The predicted molar refractivity (Wildman–Crippen MR) is 74.6 cm³/mol. The molecule has 1 aromatic rings. The van der Waals surface area contributed by atoms with Gasteiger partial charge in [-0.2, -0.15) is 0 Å². The number of carbonyl (C=O) groups is 1. The second-order valence-electron chi connectivity index (χ2n) is 5.02. The van der Waals surface area contributed by atoms with Crippen molar-refractivity contribution in [3.63, 3.8) is 0 Å². The normalized spacial score (nSPS) is 16.7. The first-order chi connectivity index (χ1) is 9.25. The van der Waals surface area contributed by atoms with Gasteiger partial charge in [-0.1, -0.05) is 0 Å². The molecule has 1 aliphatic heterocycles. The highest BCUT2D eigenvalue weighted by molar-refractivity contribution is 5.75. The van der Waals surface area contributed by atoms with Crippen LogP contribution in [0.1, 0.15) is 18.4 Å². The minimum atomic E-state index is -0.242. The van der Waals surface area contributed by atoms with E-state index in [1.54, 1.807) is 12.4 Å². The monoisotopic (exact) mass is 262 g/mol. The van der Waals surface area contributed by atoms with Crippen molar-refractivity contribution in [1.29, 1.82) is 0 Å². The first-order valence-electron chi connectivity index (χ1n) is 6.87. The highest BCUT2D eigenvalue weighted by atomic mass is 16.1. The van der Waals surface area contributed by atoms with Crippen molar-refractivity contribution < 1.29 is 4.79 Å². The van der Waals surface area contributed by atoms with Crippen molar-refractivity contribution >= 4 is 5.91 Å². The van der Waals surface area contributed by atoms with E-state index in [1.165, 1.54) is 5.56 Å². The first kappa shape index (κ1) is 14.0. The van der Waals surface area contributed by atoms with E-state index in [-0.39, 0.29) is 5.91 Å². The molecule has 0 saturated carbocycles. The number of aromatic nitrogens is 1. The second-order valence-corrected chi connectivity index (χ2v) is 5.02. The van der Waals surface area contributed by atoms with Crippen LogP contribution in [0.2, 0.25) is 0 Å². The van der Waals surface area contributed by atoms with Crippen LogP contribution < -0.4 is 11.1 Å². The third kappa shape index (κ3) is 4.61. The molecule has 0 atom stereocenters. The smallest absolute Gasteiger partial charge is 0.231 e. The Morgan fingerprint density at radius 3 is 2.68 bits per heavy atom. The van der Waals surface area contributed by atoms with E-state index in [0.717, 1.165) is 38.9 Å². The minimum absolute atomic E-state index is 0.242. The van der Waals surface area contributed by atoms with E-state index in [9.17, 15) is 4.79 Å². The maximum atomic E-state index is 11.2. The van der Waals surface area contributed by atoms with Gasteiger partial charge >= 0.3 is 0 Å². The average Bonchev–Trinajstić information content (AvgIpc) is 2.45. The van der Waals surface area contributed by atoms with E-state index < -0.39 is 0 Å². The van der Waals surface area contributed by atoms with Crippen molar-refractivity contribution in [2.24, 2.45) is 5.73 Å². The second kappa shape index (κ2) is 7.21. The SMILES string of the molecule is NC(=O)CN(CCc1ccncc1)C1CCNCC1. The van der Waals surface area contributed by atoms with Gasteiger partial charge in [0.25, 0.3) is 0 Å². The Hall–Kier alpha value is -1.46. The van der Waals surface area contributed by atoms with Crippen LogP contribution in [0.4, 0.5) is 0 Å². The minimum Gasteiger partial charge on any atom is -0.369 e. The maximum absolute atomic E-state index is 11.2. The van der Waals surface area contributed by atoms with Crippen LogP contribution in [0.3, 0.4) is 0 Å². The lowest BCUT2D eigenvalue weighted by Gasteiger charge is -2.33. The molecule has 2 rings (SSSR count). The highest BCUT2D eigenvalue weighted by Gasteiger charge is 2.21. The fraction of sp³-hybridized carbons (Fsp3) is 0.571. The molecule has 5 heteroatoms. The van der Waals surface area contributed by atoms with Crippen LogP contribution in [0, 0.1) is 0 Å². The molecule has 0 radical (unpaired) electrons. The van der Waals surface area contributed by atoms with Crippen molar-refractivity contribution in [1.82, 2.24) is 15.2 Å². The van der Waals surface area contributed by atoms with Crippen molar-refractivity contribution in [3.05, 3.63) is 30.1 Å². The van der Waals surface area contributed by atoms with Gasteiger partial charge in [-0.25, -0.2) is 0 Å². The number of piperidine rings is 1. The largest absolute Gasteiger partial charge is 0.369 e. The van der Waals surface area contributed by atoms with Gasteiger partial charge in [0.05, 0.1) is 6.54 Å². The molecule has 0 aromatic carbocycles. The lowest BCUT2D eigenvalue weighted by atomic mass is 10.0. The number of nitrogens with two attached hydrogens (primary N) is 1. The topological polar surface area (TPSA) is 71.2 Å². The molecule has 1 aromatic heterocycles. The predicted octanol–water partition coefficient (Wildman–Crippen LogP) is 0.163. The Kier molecular flexibility index (Phi) is 5.30. The summed E-state index contributed by atoms with van der Waals surface area (Å²) in [6, 6.07) is 4.51. The zero-order valence-electron chi connectivity index (χ0n) is 11.2. The van der Waals surface area contributed by atoms with E-state index in [0.29, 0.717) is 12.6 Å². The summed E-state index contributed by atoms with van der Waals surface area (Å²) in [6.45, 7) is 3.28. The lowest BCUT2D eigenvalue weighted by molar-refractivity contribution is -0.119. The third-order valence-corrected chi connectivity index (χ3v) is 3.62. The Morgan fingerprint density at radius 1 is 1.37 bits per heavy atom. The summed E-state index contributed by atoms with van der Waals surface area (Å²) in [5, 5.41) is 3.35. The van der Waals surface area contributed by atoms with Gasteiger partial charge in [-0.15, -0.1) is 0 Å². The molecular formula is C14H22N4O. The summed E-state index contributed by atoms with van der Waals surface area (Å²) in [5.41, 5.74) is 6.61. The number of pyridine rings is 1. The van der Waals surface area contributed by atoms with Gasteiger partial charge in [0, 0.05) is 25.0 Å². The number of nitrogens with one attached hydrogen (secondary N) is 1. The molecule has 0 aliphatic carbocycles. The molecule has 1 amide bonds. The van der Waals surface area contributed by atoms with Crippen LogP contribution in [0.15, 0.2) is 24.5 Å². The fourth-order valence-corrected chi connectivity index (χ4v) is 2.58. The van der Waals surface area contributed by atoms with E-state index in [1.807, 2.05) is 12.1 Å². The number of carbonyl (C=O) groups excluding carboxylic acids is 1. The number of amides is 1. The summed E-state index contributed by atoms with van der Waals surface area (Å²) in [7, 11) is 0. The maximum Gasteiger partial charge on any atom is 0.231 e. The van der Waals surface area contributed by atoms with Crippen molar-refractivity contribution in [2.45, 2.75) is 25.3 Å². The first-order valence-corrected chi connectivity index (χ1v) is 6.87. The molecular weight excluding hydrogens is 240 g/mol. The average molecular weight is 262 g/mol. The van der Waals surface area contributed by atoms with Crippen LogP contribution in [0.25, 0.3) is 0 Å². The molecule has 1 aliphatic rings. The fourth-order valence-electron chi connectivity index (χ4n) is 2.58. The molecule has 19 heavy (non-hydrogen) atoms. The van der Waals surface area contributed by atoms with Gasteiger partial charge in [-0.3, -0.25) is 14.7 Å². The zero-order chi connectivity index (χ0) is 13.5. The van der Waals surface area contributed by atoms with Crippen molar-refractivity contribution in [3.8, 4) is 0 Å². The summed E-state index contributed by atoms with van der Waals surface area (Å²) < 4.78 is 0. The number of nitrogens with zero attached hydrogens (tertiary/aromatic N) is 2. The van der Waals surface area contributed by atoms with Crippen LogP contribution in [0.5, 0.6) is 0 Å². The molecule has 1 saturated heterocycles. The van der Waals surface area contributed by atoms with Gasteiger partial charge < -0.3 is 11.1 Å². The quantitative estimate of drug-likeness (QED) is 0.766. The number of hydrogen-bond donors (Lipinski definition) is 2. The summed E-state index contributed by atoms with van der Waals surface area (Å²) >= 11 is 0. The molecule has 104 valence electrons. The van der Waals surface area contributed by atoms with Gasteiger partial charge in [-0.05, 0) is 50.0 Å². The van der Waals surface area contributed by atoms with Gasteiger partial charge in [0.2, 0.25) is 5.91 Å². The Balaban J connectivity index is 1.91. The Bertz CT molecular complexity index is 390. The molecule has 3 N–H and O–H groups in total. The lowest BCUT2D eigenvalue weighted by Crippen LogP contribution is -2.47. The van der Waals surface area contributed by atoms with Crippen LogP contribution in [-0.4, -0.2) is 48.0 Å².